The number of benzene rings is 1. The second-order valence-corrected chi connectivity index (χ2v) is 5.03. The number of rotatable bonds is 4. The van der Waals surface area contributed by atoms with Crippen LogP contribution in [0.3, 0.4) is 0 Å². The van der Waals surface area contributed by atoms with Crippen molar-refractivity contribution < 1.29 is 0 Å². The Bertz CT molecular complexity index is 269. The molecule has 2 heteroatoms. The largest absolute Gasteiger partial charge is 0.312 e. The topological polar surface area (TPSA) is 12.0 Å². The van der Waals surface area contributed by atoms with E-state index in [2.05, 4.69) is 42.6 Å². The van der Waals surface area contributed by atoms with Gasteiger partial charge in [0.05, 0.1) is 0 Å². The van der Waals surface area contributed by atoms with Crippen molar-refractivity contribution in [3.05, 3.63) is 35.9 Å². The summed E-state index contributed by atoms with van der Waals surface area (Å²) in [6.07, 6.45) is 0. The summed E-state index contributed by atoms with van der Waals surface area (Å²) in [5.41, 5.74) is 1.44. The van der Waals surface area contributed by atoms with Crippen LogP contribution in [0.1, 0.15) is 18.4 Å². The Morgan fingerprint density at radius 1 is 1.36 bits per heavy atom. The third-order valence-electron chi connectivity index (χ3n) is 2.72. The molecule has 14 heavy (non-hydrogen) atoms. The lowest BCUT2D eigenvalue weighted by atomic mass is 10.0. The van der Waals surface area contributed by atoms with E-state index in [0.29, 0.717) is 5.92 Å². The molecule has 1 atom stereocenters. The fourth-order valence-corrected chi connectivity index (χ4v) is 2.30. The zero-order valence-electron chi connectivity index (χ0n) is 8.57. The van der Waals surface area contributed by atoms with Gasteiger partial charge in [0.15, 0.2) is 0 Å². The average molecular weight is 207 g/mol. The number of hydrogen-bond donors (Lipinski definition) is 1. The molecule has 1 aromatic rings. The molecule has 1 aliphatic rings. The maximum atomic E-state index is 3.60. The third kappa shape index (κ3) is 2.52. The van der Waals surface area contributed by atoms with E-state index in [1.807, 2.05) is 11.8 Å². The molecule has 0 saturated carbocycles. The molecule has 1 fully saturated rings. The average Bonchev–Trinajstić information content (AvgIpc) is 2.16. The van der Waals surface area contributed by atoms with Gasteiger partial charge in [-0.25, -0.2) is 0 Å². The summed E-state index contributed by atoms with van der Waals surface area (Å²) in [6.45, 7) is 3.39. The van der Waals surface area contributed by atoms with Crippen molar-refractivity contribution in [1.82, 2.24) is 5.32 Å². The second-order valence-electron chi connectivity index (χ2n) is 3.95. The zero-order valence-corrected chi connectivity index (χ0v) is 9.39. The molecule has 0 radical (unpaired) electrons. The van der Waals surface area contributed by atoms with E-state index in [9.17, 15) is 0 Å². The van der Waals surface area contributed by atoms with Crippen LogP contribution in [0.25, 0.3) is 0 Å². The highest BCUT2D eigenvalue weighted by Crippen LogP contribution is 2.19. The Hall–Kier alpha value is -0.470. The van der Waals surface area contributed by atoms with Gasteiger partial charge < -0.3 is 5.32 Å². The molecule has 0 aromatic heterocycles. The third-order valence-corrected chi connectivity index (χ3v) is 4.00. The minimum atomic E-state index is 0.627. The SMILES string of the molecule is CC(CNC1CSC1)c1ccccc1. The standard InChI is InChI=1S/C12H17NS/c1-10(7-13-12-8-14-9-12)11-5-3-2-4-6-11/h2-6,10,12-13H,7-9H2,1H3. The van der Waals surface area contributed by atoms with Crippen LogP contribution >= 0.6 is 11.8 Å². The molecule has 0 amide bonds. The highest BCUT2D eigenvalue weighted by atomic mass is 32.2. The lowest BCUT2D eigenvalue weighted by molar-refractivity contribution is 0.544. The van der Waals surface area contributed by atoms with E-state index < -0.39 is 0 Å². The minimum absolute atomic E-state index is 0.627. The fraction of sp³-hybridized carbons (Fsp3) is 0.500. The predicted octanol–water partition coefficient (Wildman–Crippen LogP) is 2.50. The van der Waals surface area contributed by atoms with Crippen molar-refractivity contribution in [3.8, 4) is 0 Å². The normalized spacial score (nSPS) is 18.9. The van der Waals surface area contributed by atoms with Crippen molar-refractivity contribution >= 4 is 11.8 Å². The quantitative estimate of drug-likeness (QED) is 0.814. The van der Waals surface area contributed by atoms with Crippen molar-refractivity contribution in [1.29, 1.82) is 0 Å². The summed E-state index contributed by atoms with van der Waals surface area (Å²) in [4.78, 5) is 0. The van der Waals surface area contributed by atoms with Gasteiger partial charge in [0.1, 0.15) is 0 Å². The lowest BCUT2D eigenvalue weighted by Gasteiger charge is -2.27. The first-order chi connectivity index (χ1) is 6.86. The van der Waals surface area contributed by atoms with E-state index >= 15 is 0 Å². The first-order valence-electron chi connectivity index (χ1n) is 5.22. The van der Waals surface area contributed by atoms with Gasteiger partial charge in [0.25, 0.3) is 0 Å². The van der Waals surface area contributed by atoms with E-state index in [0.717, 1.165) is 12.6 Å². The molecular formula is C12H17NS. The van der Waals surface area contributed by atoms with Gasteiger partial charge in [-0.15, -0.1) is 0 Å². The summed E-state index contributed by atoms with van der Waals surface area (Å²) < 4.78 is 0. The number of nitrogens with one attached hydrogen (secondary N) is 1. The van der Waals surface area contributed by atoms with Crippen LogP contribution < -0.4 is 5.32 Å². The summed E-state index contributed by atoms with van der Waals surface area (Å²) in [5, 5.41) is 3.60. The molecule has 0 aliphatic carbocycles. The highest BCUT2D eigenvalue weighted by molar-refractivity contribution is 8.00. The van der Waals surface area contributed by atoms with E-state index in [1.165, 1.54) is 17.1 Å². The fourth-order valence-electron chi connectivity index (χ4n) is 1.60. The predicted molar refractivity (Wildman–Crippen MR) is 64.0 cm³/mol. The van der Waals surface area contributed by atoms with Crippen LogP contribution in [0, 0.1) is 0 Å². The molecule has 0 spiro atoms. The molecule has 1 heterocycles. The van der Waals surface area contributed by atoms with Gasteiger partial charge in [-0.05, 0) is 11.5 Å². The van der Waals surface area contributed by atoms with Crippen LogP contribution in [-0.2, 0) is 0 Å². The monoisotopic (exact) mass is 207 g/mol. The minimum Gasteiger partial charge on any atom is -0.312 e. The van der Waals surface area contributed by atoms with Gasteiger partial charge in [0, 0.05) is 24.1 Å². The first-order valence-corrected chi connectivity index (χ1v) is 6.38. The maximum Gasteiger partial charge on any atom is 0.0249 e. The molecule has 1 unspecified atom stereocenters. The van der Waals surface area contributed by atoms with E-state index in [4.69, 9.17) is 0 Å². The van der Waals surface area contributed by atoms with Crippen LogP contribution in [-0.4, -0.2) is 24.1 Å². The Kier molecular flexibility index (Phi) is 3.49. The first kappa shape index (κ1) is 10.1. The Labute approximate surface area is 90.3 Å². The summed E-state index contributed by atoms with van der Waals surface area (Å²) in [5.74, 6) is 3.21. The molecule has 1 nitrogen and oxygen atoms in total. The van der Waals surface area contributed by atoms with Gasteiger partial charge in [0.2, 0.25) is 0 Å². The van der Waals surface area contributed by atoms with Crippen LogP contribution in [0.4, 0.5) is 0 Å². The van der Waals surface area contributed by atoms with Crippen molar-refractivity contribution in [2.24, 2.45) is 0 Å². The van der Waals surface area contributed by atoms with Gasteiger partial charge >= 0.3 is 0 Å². The highest BCUT2D eigenvalue weighted by Gasteiger charge is 2.17. The molecule has 1 saturated heterocycles. The molecule has 76 valence electrons. The maximum absolute atomic E-state index is 3.60. The van der Waals surface area contributed by atoms with Crippen molar-refractivity contribution in [2.75, 3.05) is 18.1 Å². The zero-order chi connectivity index (χ0) is 9.80. The summed E-state index contributed by atoms with van der Waals surface area (Å²) in [7, 11) is 0. The molecule has 1 aromatic carbocycles. The lowest BCUT2D eigenvalue weighted by Crippen LogP contribution is -2.41. The number of thioether (sulfide) groups is 1. The van der Waals surface area contributed by atoms with Gasteiger partial charge in [-0.1, -0.05) is 37.3 Å². The molecular weight excluding hydrogens is 190 g/mol. The van der Waals surface area contributed by atoms with Crippen LogP contribution in [0.2, 0.25) is 0 Å². The van der Waals surface area contributed by atoms with Crippen LogP contribution in [0.5, 0.6) is 0 Å². The molecule has 0 bridgehead atoms. The molecule has 1 aliphatic heterocycles. The molecule has 2 rings (SSSR count). The second kappa shape index (κ2) is 4.85. The Balaban J connectivity index is 1.80. The summed E-state index contributed by atoms with van der Waals surface area (Å²) in [6, 6.07) is 11.5. The van der Waals surface area contributed by atoms with Crippen LogP contribution in [0.15, 0.2) is 30.3 Å². The van der Waals surface area contributed by atoms with E-state index in [1.54, 1.807) is 0 Å². The Morgan fingerprint density at radius 2 is 2.07 bits per heavy atom. The smallest absolute Gasteiger partial charge is 0.0249 e. The van der Waals surface area contributed by atoms with Crippen molar-refractivity contribution in [3.63, 3.8) is 0 Å². The van der Waals surface area contributed by atoms with Gasteiger partial charge in [-0.3, -0.25) is 0 Å². The molecule has 1 N–H and O–H groups in total. The van der Waals surface area contributed by atoms with Gasteiger partial charge in [-0.2, -0.15) is 11.8 Å². The van der Waals surface area contributed by atoms with E-state index in [-0.39, 0.29) is 0 Å². The Morgan fingerprint density at radius 3 is 2.64 bits per heavy atom. The number of hydrogen-bond acceptors (Lipinski definition) is 2. The van der Waals surface area contributed by atoms with Crippen molar-refractivity contribution in [2.45, 2.75) is 18.9 Å². The summed E-state index contributed by atoms with van der Waals surface area (Å²) >= 11 is 2.03.